The number of rotatable bonds is 17. The molecule has 1 amide bonds. The van der Waals surface area contributed by atoms with Crippen molar-refractivity contribution < 1.29 is 24.2 Å². The van der Waals surface area contributed by atoms with Gasteiger partial charge in [-0.1, -0.05) is 91.0 Å². The minimum Gasteiger partial charge on any atom is -0.494 e. The van der Waals surface area contributed by atoms with Crippen molar-refractivity contribution >= 4 is 23.3 Å². The molecule has 0 heterocycles. The summed E-state index contributed by atoms with van der Waals surface area (Å²) < 4.78 is 5.93. The number of amides is 1. The predicted octanol–water partition coefficient (Wildman–Crippen LogP) is 6.79. The Kier molecular flexibility index (Phi) is 11.9. The standard InChI is InChI=1S/C37H38N2O5/c1-2-3-19-35(40)39(27-29-13-6-4-7-14-29)24-12-25-44-31-22-20-28(21-23-31)26-34(37(42)43)38-33-18-11-10-17-32(33)36(41)30-15-8-5-9-16-30/h2,4-11,13-18,20-23,34,38H,1,3,12,19,24-27H2,(H,42,43)/t34-/m0/s1. The molecule has 4 aromatic carbocycles. The van der Waals surface area contributed by atoms with E-state index in [0.717, 1.165) is 11.1 Å². The summed E-state index contributed by atoms with van der Waals surface area (Å²) in [6.45, 7) is 5.28. The maximum absolute atomic E-state index is 13.1. The third-order valence-corrected chi connectivity index (χ3v) is 7.17. The van der Waals surface area contributed by atoms with E-state index in [2.05, 4.69) is 11.9 Å². The number of ether oxygens (including phenoxy) is 1. The number of hydrogen-bond donors (Lipinski definition) is 2. The molecule has 0 aliphatic carbocycles. The highest BCUT2D eigenvalue weighted by atomic mass is 16.5. The number of carboxylic acid groups (broad SMARTS) is 1. The van der Waals surface area contributed by atoms with Gasteiger partial charge in [-0.25, -0.2) is 4.79 Å². The van der Waals surface area contributed by atoms with E-state index in [-0.39, 0.29) is 18.1 Å². The number of carbonyl (C=O) groups is 3. The molecule has 0 aliphatic heterocycles. The molecule has 7 heteroatoms. The monoisotopic (exact) mass is 590 g/mol. The summed E-state index contributed by atoms with van der Waals surface area (Å²) in [5.41, 5.74) is 3.31. The molecule has 2 N–H and O–H groups in total. The highest BCUT2D eigenvalue weighted by Crippen LogP contribution is 2.22. The molecular formula is C37H38N2O5. The second-order valence-electron chi connectivity index (χ2n) is 10.5. The zero-order valence-electron chi connectivity index (χ0n) is 24.7. The smallest absolute Gasteiger partial charge is 0.326 e. The van der Waals surface area contributed by atoms with Crippen LogP contribution in [0.25, 0.3) is 0 Å². The average Bonchev–Trinajstić information content (AvgIpc) is 3.06. The van der Waals surface area contributed by atoms with Crippen LogP contribution < -0.4 is 10.1 Å². The molecule has 1 atom stereocenters. The van der Waals surface area contributed by atoms with Crippen molar-refractivity contribution in [2.75, 3.05) is 18.5 Å². The lowest BCUT2D eigenvalue weighted by Crippen LogP contribution is -2.32. The molecular weight excluding hydrogens is 552 g/mol. The van der Waals surface area contributed by atoms with Crippen LogP contribution >= 0.6 is 0 Å². The van der Waals surface area contributed by atoms with E-state index in [1.54, 1.807) is 54.6 Å². The molecule has 4 rings (SSSR count). The van der Waals surface area contributed by atoms with Crippen LogP contribution in [0.4, 0.5) is 5.69 Å². The topological polar surface area (TPSA) is 95.9 Å². The number of hydrogen-bond acceptors (Lipinski definition) is 5. The van der Waals surface area contributed by atoms with Crippen LogP contribution in [0, 0.1) is 0 Å². The van der Waals surface area contributed by atoms with Crippen molar-refractivity contribution in [2.45, 2.75) is 38.3 Å². The van der Waals surface area contributed by atoms with E-state index >= 15 is 0 Å². The molecule has 0 saturated carbocycles. The fraction of sp³-hybridized carbons (Fsp3) is 0.216. The molecule has 0 bridgehead atoms. The Morgan fingerprint density at radius 1 is 0.841 bits per heavy atom. The van der Waals surface area contributed by atoms with Gasteiger partial charge in [0.1, 0.15) is 11.8 Å². The Balaban J connectivity index is 1.32. The van der Waals surface area contributed by atoms with Gasteiger partial charge in [0.25, 0.3) is 0 Å². The Bertz CT molecular complexity index is 1520. The van der Waals surface area contributed by atoms with E-state index in [9.17, 15) is 19.5 Å². The van der Waals surface area contributed by atoms with Gasteiger partial charge in [0.2, 0.25) is 5.91 Å². The summed E-state index contributed by atoms with van der Waals surface area (Å²) in [7, 11) is 0. The lowest BCUT2D eigenvalue weighted by Gasteiger charge is -2.23. The van der Waals surface area contributed by atoms with Gasteiger partial charge in [0.05, 0.1) is 6.61 Å². The quantitative estimate of drug-likeness (QED) is 0.0799. The number of nitrogens with one attached hydrogen (secondary N) is 1. The maximum Gasteiger partial charge on any atom is 0.326 e. The summed E-state index contributed by atoms with van der Waals surface area (Å²) in [6.07, 6.45) is 3.71. The number of benzene rings is 4. The Labute approximate surface area is 258 Å². The third kappa shape index (κ3) is 9.42. The minimum absolute atomic E-state index is 0.0896. The lowest BCUT2D eigenvalue weighted by molar-refractivity contribution is -0.138. The van der Waals surface area contributed by atoms with Crippen molar-refractivity contribution in [1.29, 1.82) is 0 Å². The molecule has 7 nitrogen and oxygen atoms in total. The van der Waals surface area contributed by atoms with Gasteiger partial charge in [-0.05, 0) is 48.2 Å². The summed E-state index contributed by atoms with van der Waals surface area (Å²) in [5, 5.41) is 13.0. The fourth-order valence-corrected chi connectivity index (χ4v) is 4.82. The van der Waals surface area contributed by atoms with Crippen molar-refractivity contribution in [3.63, 3.8) is 0 Å². The Morgan fingerprint density at radius 3 is 2.18 bits per heavy atom. The first kappa shape index (κ1) is 31.8. The van der Waals surface area contributed by atoms with Crippen LogP contribution in [0.2, 0.25) is 0 Å². The summed E-state index contributed by atoms with van der Waals surface area (Å²) in [4.78, 5) is 39.9. The number of para-hydroxylation sites is 1. The maximum atomic E-state index is 13.1. The molecule has 0 radical (unpaired) electrons. The Morgan fingerprint density at radius 2 is 1.50 bits per heavy atom. The molecule has 0 fully saturated rings. The van der Waals surface area contributed by atoms with E-state index in [0.29, 0.717) is 61.5 Å². The number of aliphatic carboxylic acids is 1. The van der Waals surface area contributed by atoms with Crippen LogP contribution in [-0.2, 0) is 22.6 Å². The highest BCUT2D eigenvalue weighted by Gasteiger charge is 2.21. The predicted molar refractivity (Wildman–Crippen MR) is 173 cm³/mol. The van der Waals surface area contributed by atoms with Gasteiger partial charge in [0, 0.05) is 42.7 Å². The number of anilines is 1. The largest absolute Gasteiger partial charge is 0.494 e. The number of carbonyl (C=O) groups excluding carboxylic acids is 2. The van der Waals surface area contributed by atoms with E-state index in [1.165, 1.54) is 0 Å². The molecule has 0 unspecified atom stereocenters. The SMILES string of the molecule is C=CCCC(=O)N(CCCOc1ccc(C[C@H](Nc2ccccc2C(=O)c2ccccc2)C(=O)O)cc1)Cc1ccccc1. The summed E-state index contributed by atoms with van der Waals surface area (Å²) in [5.74, 6) is -0.439. The van der Waals surface area contributed by atoms with Gasteiger partial charge in [-0.3, -0.25) is 9.59 Å². The zero-order chi connectivity index (χ0) is 31.1. The first-order valence-corrected chi connectivity index (χ1v) is 14.8. The van der Waals surface area contributed by atoms with Gasteiger partial charge >= 0.3 is 5.97 Å². The van der Waals surface area contributed by atoms with Crippen molar-refractivity contribution in [2.24, 2.45) is 0 Å². The number of allylic oxidation sites excluding steroid dienone is 1. The third-order valence-electron chi connectivity index (χ3n) is 7.17. The summed E-state index contributed by atoms with van der Waals surface area (Å²) in [6, 6.07) is 32.1. The second-order valence-corrected chi connectivity index (χ2v) is 10.5. The number of ketones is 1. The first-order valence-electron chi connectivity index (χ1n) is 14.8. The lowest BCUT2D eigenvalue weighted by atomic mass is 10.00. The molecule has 0 aliphatic rings. The van der Waals surface area contributed by atoms with Gasteiger partial charge in [-0.15, -0.1) is 6.58 Å². The average molecular weight is 591 g/mol. The molecule has 0 aromatic heterocycles. The Hall–Kier alpha value is -5.17. The van der Waals surface area contributed by atoms with E-state index in [1.807, 2.05) is 65.6 Å². The van der Waals surface area contributed by atoms with E-state index in [4.69, 9.17) is 4.74 Å². The zero-order valence-corrected chi connectivity index (χ0v) is 24.7. The van der Waals surface area contributed by atoms with E-state index < -0.39 is 12.0 Å². The number of nitrogens with zero attached hydrogens (tertiary/aromatic N) is 1. The van der Waals surface area contributed by atoms with Gasteiger partial charge < -0.3 is 20.1 Å². The molecule has 44 heavy (non-hydrogen) atoms. The van der Waals surface area contributed by atoms with Crippen molar-refractivity contribution in [3.8, 4) is 5.75 Å². The van der Waals surface area contributed by atoms with Crippen molar-refractivity contribution in [3.05, 3.63) is 144 Å². The molecule has 0 saturated heterocycles. The van der Waals surface area contributed by atoms with Crippen LogP contribution in [0.5, 0.6) is 5.75 Å². The molecule has 4 aromatic rings. The first-order chi connectivity index (χ1) is 21.4. The minimum atomic E-state index is -1.02. The van der Waals surface area contributed by atoms with Crippen LogP contribution in [0.15, 0.2) is 122 Å². The number of carboxylic acids is 1. The van der Waals surface area contributed by atoms with Gasteiger partial charge in [-0.2, -0.15) is 0 Å². The van der Waals surface area contributed by atoms with Crippen LogP contribution in [-0.4, -0.2) is 46.9 Å². The summed E-state index contributed by atoms with van der Waals surface area (Å²) >= 11 is 0. The second kappa shape index (κ2) is 16.5. The van der Waals surface area contributed by atoms with Crippen LogP contribution in [0.1, 0.15) is 46.3 Å². The molecule has 0 spiro atoms. The normalized spacial score (nSPS) is 11.3. The van der Waals surface area contributed by atoms with Gasteiger partial charge in [0.15, 0.2) is 5.78 Å². The van der Waals surface area contributed by atoms with Crippen molar-refractivity contribution in [1.82, 2.24) is 4.90 Å². The van der Waals surface area contributed by atoms with Crippen LogP contribution in [0.3, 0.4) is 0 Å². The fourth-order valence-electron chi connectivity index (χ4n) is 4.82. The highest BCUT2D eigenvalue weighted by molar-refractivity contribution is 6.12. The molecule has 226 valence electrons.